The molecule has 0 fully saturated rings. The number of nitrogens with one attached hydrogen (secondary N) is 1. The molecule has 1 aliphatic heterocycles. The number of dihydropyridines is 1. The molecule has 128 valence electrons. The Morgan fingerprint density at radius 1 is 1.12 bits per heavy atom. The van der Waals surface area contributed by atoms with E-state index in [4.69, 9.17) is 5.26 Å². The fourth-order valence-corrected chi connectivity index (χ4v) is 3.15. The second kappa shape index (κ2) is 7.05. The van der Waals surface area contributed by atoms with Crippen LogP contribution in [0, 0.1) is 11.3 Å². The van der Waals surface area contributed by atoms with E-state index in [0.29, 0.717) is 28.1 Å². The highest BCUT2D eigenvalue weighted by Crippen LogP contribution is 2.40. The molecule has 0 unspecified atom stereocenters. The lowest BCUT2D eigenvalue weighted by Crippen LogP contribution is -2.31. The fraction of sp³-hybridized carbons (Fsp3) is 0.211. The average Bonchev–Trinajstić information content (AvgIpc) is 2.53. The maximum absolute atomic E-state index is 11.8. The molecular formula is C19H18N2O4. The summed E-state index contributed by atoms with van der Waals surface area (Å²) in [5.41, 5.74) is 2.60. The summed E-state index contributed by atoms with van der Waals surface area (Å²) in [5, 5.41) is 31.1. The van der Waals surface area contributed by atoms with E-state index >= 15 is 0 Å². The summed E-state index contributed by atoms with van der Waals surface area (Å²) >= 11 is 0. The van der Waals surface area contributed by atoms with E-state index in [9.17, 15) is 19.8 Å². The van der Waals surface area contributed by atoms with Gasteiger partial charge in [0.25, 0.3) is 0 Å². The zero-order chi connectivity index (χ0) is 18.7. The van der Waals surface area contributed by atoms with Crippen LogP contribution in [-0.4, -0.2) is 22.2 Å². The maximum Gasteiger partial charge on any atom is 0.334 e. The molecule has 0 spiro atoms. The average molecular weight is 338 g/mol. The van der Waals surface area contributed by atoms with Crippen LogP contribution in [0.3, 0.4) is 0 Å². The first-order chi connectivity index (χ1) is 11.8. The summed E-state index contributed by atoms with van der Waals surface area (Å²) < 4.78 is 0. The van der Waals surface area contributed by atoms with Crippen molar-refractivity contribution < 1.29 is 19.8 Å². The van der Waals surface area contributed by atoms with Gasteiger partial charge in [-0.3, -0.25) is 0 Å². The number of benzene rings is 1. The lowest BCUT2D eigenvalue weighted by molar-refractivity contribution is -0.133. The van der Waals surface area contributed by atoms with E-state index in [1.165, 1.54) is 6.08 Å². The molecule has 0 aromatic heterocycles. The summed E-state index contributed by atoms with van der Waals surface area (Å²) in [7, 11) is 0. The zero-order valence-corrected chi connectivity index (χ0v) is 14.1. The van der Waals surface area contributed by atoms with Gasteiger partial charge in [-0.05, 0) is 37.5 Å². The van der Waals surface area contributed by atoms with Gasteiger partial charge in [-0.2, -0.15) is 5.26 Å². The van der Waals surface area contributed by atoms with Crippen molar-refractivity contribution in [1.82, 2.24) is 5.32 Å². The van der Waals surface area contributed by atoms with Crippen LogP contribution >= 0.6 is 0 Å². The van der Waals surface area contributed by atoms with Gasteiger partial charge in [-0.15, -0.1) is 0 Å². The number of carbonyl (C=O) groups is 2. The van der Waals surface area contributed by atoms with Crippen molar-refractivity contribution >= 4 is 17.5 Å². The Morgan fingerprint density at radius 3 is 2.12 bits per heavy atom. The third kappa shape index (κ3) is 3.31. The summed E-state index contributed by atoms with van der Waals surface area (Å²) in [6.07, 6.45) is 1.36. The van der Waals surface area contributed by atoms with E-state index in [1.54, 1.807) is 45.0 Å². The predicted molar refractivity (Wildman–Crippen MR) is 92.3 cm³/mol. The van der Waals surface area contributed by atoms with E-state index in [2.05, 4.69) is 5.32 Å². The fourth-order valence-electron chi connectivity index (χ4n) is 3.15. The minimum Gasteiger partial charge on any atom is -0.478 e. The van der Waals surface area contributed by atoms with Gasteiger partial charge in [0.05, 0.1) is 23.1 Å². The second-order valence-corrected chi connectivity index (χ2v) is 5.79. The lowest BCUT2D eigenvalue weighted by atomic mass is 9.77. The highest BCUT2D eigenvalue weighted by molar-refractivity contribution is 5.99. The second-order valence-electron chi connectivity index (χ2n) is 5.79. The van der Waals surface area contributed by atoms with Crippen LogP contribution in [0.5, 0.6) is 0 Å². The van der Waals surface area contributed by atoms with Crippen molar-refractivity contribution in [1.29, 1.82) is 5.26 Å². The number of hydrogen-bond donors (Lipinski definition) is 3. The van der Waals surface area contributed by atoms with Crippen LogP contribution in [0.2, 0.25) is 0 Å². The van der Waals surface area contributed by atoms with Gasteiger partial charge in [0.1, 0.15) is 0 Å². The molecule has 25 heavy (non-hydrogen) atoms. The topological polar surface area (TPSA) is 110 Å². The monoisotopic (exact) mass is 338 g/mol. The van der Waals surface area contributed by atoms with Crippen LogP contribution in [0.25, 0.3) is 5.57 Å². The van der Waals surface area contributed by atoms with Crippen LogP contribution in [0.15, 0.2) is 52.9 Å². The Balaban J connectivity index is 2.82. The van der Waals surface area contributed by atoms with Crippen LogP contribution in [0.4, 0.5) is 0 Å². The SMILES string of the molecule is CC1=C(C(=O)O)C(c2ccccc2/C(C)=C/C#N)C(C(=O)O)=C(C)N1. The Labute approximate surface area is 145 Å². The predicted octanol–water partition coefficient (Wildman–Crippen LogP) is 3.02. The minimum atomic E-state index is -1.18. The van der Waals surface area contributed by atoms with Crippen molar-refractivity contribution in [3.05, 3.63) is 64.0 Å². The summed E-state index contributed by atoms with van der Waals surface area (Å²) in [5.74, 6) is -3.30. The lowest BCUT2D eigenvalue weighted by Gasteiger charge is -2.30. The van der Waals surface area contributed by atoms with Crippen molar-refractivity contribution in [3.63, 3.8) is 0 Å². The minimum absolute atomic E-state index is 0.0137. The Kier molecular flexibility index (Phi) is 5.08. The van der Waals surface area contributed by atoms with Gasteiger partial charge in [0.2, 0.25) is 0 Å². The molecule has 6 heteroatoms. The highest BCUT2D eigenvalue weighted by atomic mass is 16.4. The smallest absolute Gasteiger partial charge is 0.334 e. The first kappa shape index (κ1) is 18.0. The molecular weight excluding hydrogens is 320 g/mol. The van der Waals surface area contributed by atoms with Gasteiger partial charge < -0.3 is 15.5 Å². The van der Waals surface area contributed by atoms with E-state index in [1.807, 2.05) is 6.07 Å². The third-order valence-electron chi connectivity index (χ3n) is 4.20. The maximum atomic E-state index is 11.8. The molecule has 1 aromatic rings. The number of nitriles is 1. The van der Waals surface area contributed by atoms with Crippen molar-refractivity contribution in [3.8, 4) is 6.07 Å². The van der Waals surface area contributed by atoms with E-state index < -0.39 is 17.9 Å². The number of allylic oxidation sites excluding steroid dienone is 4. The van der Waals surface area contributed by atoms with Gasteiger partial charge in [-0.1, -0.05) is 24.3 Å². The molecule has 0 amide bonds. The summed E-state index contributed by atoms with van der Waals surface area (Å²) in [6, 6.07) is 8.90. The molecule has 1 aliphatic rings. The molecule has 0 saturated heterocycles. The van der Waals surface area contributed by atoms with Gasteiger partial charge in [0.15, 0.2) is 0 Å². The summed E-state index contributed by atoms with van der Waals surface area (Å²) in [4.78, 5) is 23.7. The Morgan fingerprint density at radius 2 is 1.64 bits per heavy atom. The highest BCUT2D eigenvalue weighted by Gasteiger charge is 2.37. The molecule has 0 saturated carbocycles. The molecule has 2 rings (SSSR count). The number of hydrogen-bond acceptors (Lipinski definition) is 4. The molecule has 1 aromatic carbocycles. The molecule has 0 atom stereocenters. The molecule has 1 heterocycles. The Bertz CT molecular complexity index is 849. The Hall–Kier alpha value is -3.33. The number of carboxylic acid groups (broad SMARTS) is 2. The number of carboxylic acids is 2. The van der Waals surface area contributed by atoms with E-state index in [0.717, 1.165) is 0 Å². The molecule has 0 radical (unpaired) electrons. The van der Waals surface area contributed by atoms with Crippen LogP contribution in [-0.2, 0) is 9.59 Å². The number of nitrogens with zero attached hydrogens (tertiary/aromatic N) is 1. The first-order valence-corrected chi connectivity index (χ1v) is 7.60. The normalized spacial score (nSPS) is 15.7. The molecule has 0 aliphatic carbocycles. The molecule has 3 N–H and O–H groups in total. The number of aliphatic carboxylic acids is 2. The van der Waals surface area contributed by atoms with Crippen molar-refractivity contribution in [2.45, 2.75) is 26.7 Å². The van der Waals surface area contributed by atoms with Gasteiger partial charge >= 0.3 is 11.9 Å². The van der Waals surface area contributed by atoms with Crippen LogP contribution < -0.4 is 5.32 Å². The zero-order valence-electron chi connectivity index (χ0n) is 14.1. The van der Waals surface area contributed by atoms with Gasteiger partial charge in [0, 0.05) is 17.5 Å². The van der Waals surface area contributed by atoms with E-state index in [-0.39, 0.29) is 11.1 Å². The van der Waals surface area contributed by atoms with Crippen molar-refractivity contribution in [2.75, 3.05) is 0 Å². The standard InChI is InChI=1S/C19H18N2O4/c1-10(8-9-20)13-6-4-5-7-14(13)17-15(18(22)23)11(2)21-12(3)16(17)19(24)25/h4-8,17,21H,1-3H3,(H,22,23)(H,24,25)/b10-8+. The third-order valence-corrected chi connectivity index (χ3v) is 4.20. The first-order valence-electron chi connectivity index (χ1n) is 7.60. The van der Waals surface area contributed by atoms with Crippen LogP contribution in [0.1, 0.15) is 37.8 Å². The largest absolute Gasteiger partial charge is 0.478 e. The quantitative estimate of drug-likeness (QED) is 0.728. The number of rotatable bonds is 4. The molecule has 0 bridgehead atoms. The van der Waals surface area contributed by atoms with Gasteiger partial charge in [-0.25, -0.2) is 9.59 Å². The summed E-state index contributed by atoms with van der Waals surface area (Å²) in [6.45, 7) is 4.95. The van der Waals surface area contributed by atoms with Crippen molar-refractivity contribution in [2.24, 2.45) is 0 Å². The molecule has 6 nitrogen and oxygen atoms in total.